The molecule has 17 heavy (non-hydrogen) atoms. The van der Waals surface area contributed by atoms with Crippen LogP contribution in [0, 0.1) is 13.8 Å². The van der Waals surface area contributed by atoms with Gasteiger partial charge in [0.25, 0.3) is 0 Å². The van der Waals surface area contributed by atoms with Crippen molar-refractivity contribution in [2.24, 2.45) is 0 Å². The molecule has 0 aliphatic rings. The van der Waals surface area contributed by atoms with Gasteiger partial charge in [-0.05, 0) is 43.1 Å². The Morgan fingerprint density at radius 2 is 1.82 bits per heavy atom. The van der Waals surface area contributed by atoms with Crippen LogP contribution in [-0.4, -0.2) is 12.7 Å². The average molecular weight is 310 g/mol. The first kappa shape index (κ1) is 14.5. The summed E-state index contributed by atoms with van der Waals surface area (Å²) >= 11 is 3.32. The fraction of sp³-hybridized carbons (Fsp3) is 0.500. The summed E-state index contributed by atoms with van der Waals surface area (Å²) in [5.41, 5.74) is 1.73. The minimum atomic E-state index is -4.28. The lowest BCUT2D eigenvalue weighted by molar-refractivity contribution is -0.157. The summed E-state index contributed by atoms with van der Waals surface area (Å²) in [6, 6.07) is 1.71. The van der Waals surface area contributed by atoms with E-state index in [0.29, 0.717) is 11.1 Å². The predicted octanol–water partition coefficient (Wildman–Crippen LogP) is 4.28. The molecule has 0 bridgehead atoms. The second kappa shape index (κ2) is 5.40. The lowest BCUT2D eigenvalue weighted by atomic mass is 9.98. The van der Waals surface area contributed by atoms with Crippen LogP contribution in [0.3, 0.4) is 0 Å². The SMILES string of the molecule is CCNC(c1cc(C)c(Br)cc1C)C(F)(F)F. The van der Waals surface area contributed by atoms with Crippen molar-refractivity contribution in [2.75, 3.05) is 6.54 Å². The molecule has 0 radical (unpaired) electrons. The van der Waals surface area contributed by atoms with Crippen LogP contribution in [0.25, 0.3) is 0 Å². The molecule has 1 aromatic rings. The summed E-state index contributed by atoms with van der Waals surface area (Å²) in [6.07, 6.45) is -4.28. The Bertz CT molecular complexity index is 401. The van der Waals surface area contributed by atoms with Gasteiger partial charge in [0.2, 0.25) is 0 Å². The zero-order valence-corrected chi connectivity index (χ0v) is 11.5. The fourth-order valence-electron chi connectivity index (χ4n) is 1.72. The van der Waals surface area contributed by atoms with Crippen LogP contribution in [0.1, 0.15) is 29.7 Å². The van der Waals surface area contributed by atoms with E-state index in [1.165, 1.54) is 0 Å². The number of alkyl halides is 3. The number of rotatable bonds is 3. The van der Waals surface area contributed by atoms with Crippen LogP contribution in [0.2, 0.25) is 0 Å². The van der Waals surface area contributed by atoms with Crippen molar-refractivity contribution in [1.29, 1.82) is 0 Å². The highest BCUT2D eigenvalue weighted by Crippen LogP contribution is 2.35. The van der Waals surface area contributed by atoms with Gasteiger partial charge < -0.3 is 5.32 Å². The Hall–Kier alpha value is -0.550. The Morgan fingerprint density at radius 1 is 1.24 bits per heavy atom. The van der Waals surface area contributed by atoms with Gasteiger partial charge in [0.1, 0.15) is 6.04 Å². The normalized spacial score (nSPS) is 13.8. The molecule has 0 heterocycles. The molecule has 0 saturated heterocycles. The minimum absolute atomic E-state index is 0.277. The largest absolute Gasteiger partial charge is 0.407 e. The molecule has 1 rings (SSSR count). The third-order valence-electron chi connectivity index (χ3n) is 2.59. The topological polar surface area (TPSA) is 12.0 Å². The van der Waals surface area contributed by atoms with Gasteiger partial charge in [0.05, 0.1) is 0 Å². The predicted molar refractivity (Wildman–Crippen MR) is 66.1 cm³/mol. The molecular formula is C12H15BrF3N. The maximum Gasteiger partial charge on any atom is 0.407 e. The van der Waals surface area contributed by atoms with Crippen molar-refractivity contribution in [3.8, 4) is 0 Å². The van der Waals surface area contributed by atoms with Gasteiger partial charge in [-0.2, -0.15) is 13.2 Å². The lowest BCUT2D eigenvalue weighted by Gasteiger charge is -2.23. The van der Waals surface area contributed by atoms with E-state index in [1.54, 1.807) is 32.9 Å². The third-order valence-corrected chi connectivity index (χ3v) is 3.45. The average Bonchev–Trinajstić information content (AvgIpc) is 2.19. The lowest BCUT2D eigenvalue weighted by Crippen LogP contribution is -2.34. The first-order valence-corrected chi connectivity index (χ1v) is 6.13. The van der Waals surface area contributed by atoms with Crippen molar-refractivity contribution in [2.45, 2.75) is 33.0 Å². The zero-order valence-electron chi connectivity index (χ0n) is 9.95. The molecule has 96 valence electrons. The molecular weight excluding hydrogens is 295 g/mol. The Morgan fingerprint density at radius 3 is 2.29 bits per heavy atom. The number of aryl methyl sites for hydroxylation is 2. The number of benzene rings is 1. The number of hydrogen-bond acceptors (Lipinski definition) is 1. The summed E-state index contributed by atoms with van der Waals surface area (Å²) in [6.45, 7) is 5.42. The smallest absolute Gasteiger partial charge is 0.303 e. The number of hydrogen-bond donors (Lipinski definition) is 1. The van der Waals surface area contributed by atoms with Gasteiger partial charge in [0, 0.05) is 4.47 Å². The molecule has 1 atom stereocenters. The highest BCUT2D eigenvalue weighted by atomic mass is 79.9. The van der Waals surface area contributed by atoms with Crippen molar-refractivity contribution < 1.29 is 13.2 Å². The van der Waals surface area contributed by atoms with Crippen LogP contribution in [-0.2, 0) is 0 Å². The summed E-state index contributed by atoms with van der Waals surface area (Å²) in [5, 5.41) is 2.49. The standard InChI is InChI=1S/C12H15BrF3N/c1-4-17-11(12(14,15)16)9-5-8(3)10(13)6-7(9)2/h5-6,11,17H,4H2,1-3H3. The second-order valence-electron chi connectivity index (χ2n) is 3.99. The van der Waals surface area contributed by atoms with Gasteiger partial charge in [0.15, 0.2) is 0 Å². The van der Waals surface area contributed by atoms with E-state index in [1.807, 2.05) is 0 Å². The number of halogens is 4. The van der Waals surface area contributed by atoms with Crippen molar-refractivity contribution >= 4 is 15.9 Å². The molecule has 0 amide bonds. The van der Waals surface area contributed by atoms with Crippen molar-refractivity contribution in [3.05, 3.63) is 33.3 Å². The van der Waals surface area contributed by atoms with Gasteiger partial charge in [-0.3, -0.25) is 0 Å². The molecule has 0 saturated carbocycles. The first-order chi connectivity index (χ1) is 7.77. The quantitative estimate of drug-likeness (QED) is 0.879. The van der Waals surface area contributed by atoms with Crippen molar-refractivity contribution in [1.82, 2.24) is 5.32 Å². The van der Waals surface area contributed by atoms with E-state index in [2.05, 4.69) is 21.2 Å². The summed E-state index contributed by atoms with van der Waals surface area (Å²) < 4.78 is 39.6. The molecule has 1 aromatic carbocycles. The summed E-state index contributed by atoms with van der Waals surface area (Å²) in [4.78, 5) is 0. The molecule has 1 unspecified atom stereocenters. The second-order valence-corrected chi connectivity index (χ2v) is 4.84. The van der Waals surface area contributed by atoms with E-state index < -0.39 is 12.2 Å². The van der Waals surface area contributed by atoms with E-state index in [4.69, 9.17) is 0 Å². The van der Waals surface area contributed by atoms with Gasteiger partial charge in [-0.1, -0.05) is 28.9 Å². The molecule has 1 N–H and O–H groups in total. The maximum absolute atomic E-state index is 12.9. The Balaban J connectivity index is 3.23. The summed E-state index contributed by atoms with van der Waals surface area (Å²) in [7, 11) is 0. The van der Waals surface area contributed by atoms with Crippen molar-refractivity contribution in [3.63, 3.8) is 0 Å². The highest BCUT2D eigenvalue weighted by molar-refractivity contribution is 9.10. The highest BCUT2D eigenvalue weighted by Gasteiger charge is 2.40. The fourth-order valence-corrected chi connectivity index (χ4v) is 2.18. The van der Waals surface area contributed by atoms with Crippen LogP contribution in [0.5, 0.6) is 0 Å². The first-order valence-electron chi connectivity index (χ1n) is 5.34. The van der Waals surface area contributed by atoms with Crippen LogP contribution >= 0.6 is 15.9 Å². The van der Waals surface area contributed by atoms with E-state index >= 15 is 0 Å². The number of nitrogens with one attached hydrogen (secondary N) is 1. The maximum atomic E-state index is 12.9. The van der Waals surface area contributed by atoms with Gasteiger partial charge in [-0.25, -0.2) is 0 Å². The van der Waals surface area contributed by atoms with Gasteiger partial charge in [-0.15, -0.1) is 0 Å². The molecule has 0 spiro atoms. The zero-order chi connectivity index (χ0) is 13.2. The molecule has 0 aliphatic carbocycles. The molecule has 0 fully saturated rings. The molecule has 5 heteroatoms. The Labute approximate surface area is 108 Å². The molecule has 0 aliphatic heterocycles. The molecule has 0 aromatic heterocycles. The molecule has 1 nitrogen and oxygen atoms in total. The van der Waals surface area contributed by atoms with Crippen LogP contribution in [0.4, 0.5) is 13.2 Å². The Kier molecular flexibility index (Phi) is 4.61. The van der Waals surface area contributed by atoms with Crippen LogP contribution in [0.15, 0.2) is 16.6 Å². The summed E-state index contributed by atoms with van der Waals surface area (Å²) in [5.74, 6) is 0. The monoisotopic (exact) mass is 309 g/mol. The minimum Gasteiger partial charge on any atom is -0.303 e. The van der Waals surface area contributed by atoms with Crippen LogP contribution < -0.4 is 5.32 Å². The van der Waals surface area contributed by atoms with E-state index in [0.717, 1.165) is 10.0 Å². The van der Waals surface area contributed by atoms with E-state index in [-0.39, 0.29) is 6.54 Å². The van der Waals surface area contributed by atoms with E-state index in [9.17, 15) is 13.2 Å². The van der Waals surface area contributed by atoms with Gasteiger partial charge >= 0.3 is 6.18 Å². The third kappa shape index (κ3) is 3.45.